The molecule has 0 aliphatic heterocycles. The second kappa shape index (κ2) is 8.58. The van der Waals surface area contributed by atoms with Crippen molar-refractivity contribution in [3.8, 4) is 5.75 Å². The van der Waals surface area contributed by atoms with Crippen LogP contribution in [0.4, 0.5) is 0 Å². The molecule has 0 saturated heterocycles. The summed E-state index contributed by atoms with van der Waals surface area (Å²) in [6.07, 6.45) is 5.08. The molecule has 5 heteroatoms. The normalized spacial score (nSPS) is 10.9. The van der Waals surface area contributed by atoms with Crippen LogP contribution in [-0.2, 0) is 23.0 Å². The van der Waals surface area contributed by atoms with Crippen molar-refractivity contribution in [2.45, 2.75) is 26.2 Å². The molecule has 23 heavy (non-hydrogen) atoms. The Balaban J connectivity index is 2.06. The first-order valence-electron chi connectivity index (χ1n) is 8.12. The average Bonchev–Trinajstić information content (AvgIpc) is 2.84. The van der Waals surface area contributed by atoms with E-state index in [4.69, 9.17) is 9.47 Å². The van der Waals surface area contributed by atoms with E-state index in [0.29, 0.717) is 6.54 Å². The number of amides is 1. The first-order valence-corrected chi connectivity index (χ1v) is 8.12. The number of benzene rings is 1. The van der Waals surface area contributed by atoms with Crippen molar-refractivity contribution in [1.29, 1.82) is 0 Å². The van der Waals surface area contributed by atoms with Gasteiger partial charge in [0.05, 0.1) is 6.61 Å². The number of aryl methyl sites for hydroxylation is 1. The van der Waals surface area contributed by atoms with Gasteiger partial charge in [0.1, 0.15) is 12.4 Å². The van der Waals surface area contributed by atoms with Crippen molar-refractivity contribution in [1.82, 2.24) is 9.88 Å². The van der Waals surface area contributed by atoms with Crippen LogP contribution in [-0.4, -0.2) is 37.3 Å². The van der Waals surface area contributed by atoms with E-state index in [1.807, 2.05) is 13.1 Å². The number of fused-ring (bicyclic) bond motifs is 1. The molecule has 0 bridgehead atoms. The number of hydrogen-bond donors (Lipinski definition) is 1. The Kier molecular flexibility index (Phi) is 6.47. The van der Waals surface area contributed by atoms with Gasteiger partial charge in [0.15, 0.2) is 0 Å². The molecule has 0 radical (unpaired) electrons. The highest BCUT2D eigenvalue weighted by Crippen LogP contribution is 2.26. The largest absolute Gasteiger partial charge is 0.494 e. The van der Waals surface area contributed by atoms with Crippen molar-refractivity contribution in [2.24, 2.45) is 7.05 Å². The lowest BCUT2D eigenvalue weighted by atomic mass is 10.1. The zero-order valence-electron chi connectivity index (χ0n) is 14.2. The van der Waals surface area contributed by atoms with Gasteiger partial charge in [0, 0.05) is 37.8 Å². The fourth-order valence-corrected chi connectivity index (χ4v) is 2.59. The van der Waals surface area contributed by atoms with Gasteiger partial charge in [-0.3, -0.25) is 4.79 Å². The highest BCUT2D eigenvalue weighted by Gasteiger charge is 2.09. The lowest BCUT2D eigenvalue weighted by Gasteiger charge is -2.07. The van der Waals surface area contributed by atoms with Gasteiger partial charge in [-0.05, 0) is 36.6 Å². The van der Waals surface area contributed by atoms with E-state index >= 15 is 0 Å². The molecule has 5 nitrogen and oxygen atoms in total. The third kappa shape index (κ3) is 4.73. The standard InChI is InChI=1S/C18H26N2O3/c1-4-5-10-23-15-6-7-17-16(11-15)14(12-20(17)2)8-9-19-18(21)13-22-3/h6-7,11-12H,4-5,8-10,13H2,1-3H3,(H,19,21). The third-order valence-corrected chi connectivity index (χ3v) is 3.80. The number of rotatable bonds is 9. The summed E-state index contributed by atoms with van der Waals surface area (Å²) in [5, 5.41) is 4.04. The van der Waals surface area contributed by atoms with Gasteiger partial charge in [-0.2, -0.15) is 0 Å². The Labute approximate surface area is 137 Å². The van der Waals surface area contributed by atoms with Gasteiger partial charge in [0.25, 0.3) is 0 Å². The van der Waals surface area contributed by atoms with E-state index in [1.54, 1.807) is 0 Å². The fraction of sp³-hybridized carbons (Fsp3) is 0.500. The van der Waals surface area contributed by atoms with Gasteiger partial charge < -0.3 is 19.4 Å². The van der Waals surface area contributed by atoms with E-state index in [1.165, 1.54) is 23.6 Å². The summed E-state index contributed by atoms with van der Waals surface area (Å²) in [5.41, 5.74) is 2.38. The Bertz CT molecular complexity index is 649. The molecule has 2 rings (SSSR count). The van der Waals surface area contributed by atoms with Crippen molar-refractivity contribution >= 4 is 16.8 Å². The second-order valence-corrected chi connectivity index (χ2v) is 5.68. The Morgan fingerprint density at radius 1 is 1.35 bits per heavy atom. The van der Waals surface area contributed by atoms with Gasteiger partial charge in [-0.15, -0.1) is 0 Å². The quantitative estimate of drug-likeness (QED) is 0.723. The predicted molar refractivity (Wildman–Crippen MR) is 91.9 cm³/mol. The summed E-state index contributed by atoms with van der Waals surface area (Å²) < 4.78 is 12.7. The van der Waals surface area contributed by atoms with Crippen LogP contribution < -0.4 is 10.1 Å². The molecule has 1 aromatic heterocycles. The summed E-state index contributed by atoms with van der Waals surface area (Å²) in [7, 11) is 3.55. The molecule has 0 spiro atoms. The molecule has 1 aromatic carbocycles. The topological polar surface area (TPSA) is 52.5 Å². The molecule has 0 aliphatic rings. The van der Waals surface area contributed by atoms with Crippen molar-refractivity contribution < 1.29 is 14.3 Å². The van der Waals surface area contributed by atoms with E-state index < -0.39 is 0 Å². The van der Waals surface area contributed by atoms with Gasteiger partial charge in [-0.25, -0.2) is 0 Å². The molecule has 0 unspecified atom stereocenters. The number of methoxy groups -OCH3 is 1. The van der Waals surface area contributed by atoms with Crippen molar-refractivity contribution in [3.63, 3.8) is 0 Å². The lowest BCUT2D eigenvalue weighted by molar-refractivity contribution is -0.124. The predicted octanol–water partition coefficient (Wildman–Crippen LogP) is 2.66. The molecule has 2 aromatic rings. The van der Waals surface area contributed by atoms with Crippen LogP contribution in [0.2, 0.25) is 0 Å². The number of nitrogens with zero attached hydrogens (tertiary/aromatic N) is 1. The van der Waals surface area contributed by atoms with Crippen LogP contribution >= 0.6 is 0 Å². The smallest absolute Gasteiger partial charge is 0.245 e. The van der Waals surface area contributed by atoms with E-state index in [-0.39, 0.29) is 12.5 Å². The summed E-state index contributed by atoms with van der Waals surface area (Å²) in [5.74, 6) is 0.818. The van der Waals surface area contributed by atoms with Crippen LogP contribution in [0.3, 0.4) is 0 Å². The lowest BCUT2D eigenvalue weighted by Crippen LogP contribution is -2.28. The molecule has 1 heterocycles. The molecular weight excluding hydrogens is 292 g/mol. The minimum atomic E-state index is -0.0867. The van der Waals surface area contributed by atoms with E-state index in [2.05, 4.69) is 35.1 Å². The van der Waals surface area contributed by atoms with Gasteiger partial charge in [0.2, 0.25) is 5.91 Å². The SMILES string of the molecule is CCCCOc1ccc2c(c1)c(CCNC(=O)COC)cn2C. The molecule has 1 amide bonds. The van der Waals surface area contributed by atoms with E-state index in [0.717, 1.165) is 31.6 Å². The summed E-state index contributed by atoms with van der Waals surface area (Å²) in [6, 6.07) is 6.20. The molecule has 1 N–H and O–H groups in total. The maximum absolute atomic E-state index is 11.4. The first kappa shape index (κ1) is 17.3. The minimum Gasteiger partial charge on any atom is -0.494 e. The first-order chi connectivity index (χ1) is 11.2. The number of nitrogens with one attached hydrogen (secondary N) is 1. The maximum atomic E-state index is 11.4. The Morgan fingerprint density at radius 3 is 2.91 bits per heavy atom. The molecule has 0 aliphatic carbocycles. The van der Waals surface area contributed by atoms with Crippen LogP contribution in [0.25, 0.3) is 10.9 Å². The minimum absolute atomic E-state index is 0.0867. The summed E-state index contributed by atoms with van der Waals surface area (Å²) in [6.45, 7) is 3.60. The molecule has 0 fully saturated rings. The number of carbonyl (C=O) groups excluding carboxylic acids is 1. The molecule has 0 saturated carbocycles. The molecule has 126 valence electrons. The fourth-order valence-electron chi connectivity index (χ4n) is 2.59. The highest BCUT2D eigenvalue weighted by molar-refractivity contribution is 5.85. The summed E-state index contributed by atoms with van der Waals surface area (Å²) >= 11 is 0. The van der Waals surface area contributed by atoms with Crippen LogP contribution in [0.15, 0.2) is 24.4 Å². The zero-order chi connectivity index (χ0) is 16.7. The number of ether oxygens (including phenoxy) is 2. The van der Waals surface area contributed by atoms with Gasteiger partial charge >= 0.3 is 0 Å². The van der Waals surface area contributed by atoms with Gasteiger partial charge in [-0.1, -0.05) is 13.3 Å². The second-order valence-electron chi connectivity index (χ2n) is 5.68. The van der Waals surface area contributed by atoms with Crippen LogP contribution in [0.1, 0.15) is 25.3 Å². The monoisotopic (exact) mass is 318 g/mol. The number of carbonyl (C=O) groups is 1. The Morgan fingerprint density at radius 2 is 2.17 bits per heavy atom. The summed E-state index contributed by atoms with van der Waals surface area (Å²) in [4.78, 5) is 11.4. The zero-order valence-corrected chi connectivity index (χ0v) is 14.2. The van der Waals surface area contributed by atoms with E-state index in [9.17, 15) is 4.79 Å². The molecular formula is C18H26N2O3. The highest BCUT2D eigenvalue weighted by atomic mass is 16.5. The number of hydrogen-bond acceptors (Lipinski definition) is 3. The van der Waals surface area contributed by atoms with Crippen molar-refractivity contribution in [2.75, 3.05) is 26.9 Å². The van der Waals surface area contributed by atoms with Crippen LogP contribution in [0.5, 0.6) is 5.75 Å². The van der Waals surface area contributed by atoms with Crippen LogP contribution in [0, 0.1) is 0 Å². The Hall–Kier alpha value is -2.01. The molecule has 0 atom stereocenters. The maximum Gasteiger partial charge on any atom is 0.245 e. The number of aromatic nitrogens is 1. The number of unbranched alkanes of at least 4 members (excludes halogenated alkanes) is 1. The van der Waals surface area contributed by atoms with Crippen molar-refractivity contribution in [3.05, 3.63) is 30.0 Å². The average molecular weight is 318 g/mol. The third-order valence-electron chi connectivity index (χ3n) is 3.80.